The molecule has 0 N–H and O–H groups in total. The first-order valence-corrected chi connectivity index (χ1v) is 8.31. The van der Waals surface area contributed by atoms with E-state index < -0.39 is 5.60 Å². The molecule has 0 spiro atoms. The Hall–Kier alpha value is -0.730. The van der Waals surface area contributed by atoms with Crippen LogP contribution in [0, 0.1) is 0 Å². The third-order valence-corrected chi connectivity index (χ3v) is 3.30. The van der Waals surface area contributed by atoms with E-state index in [0.717, 1.165) is 13.0 Å². The summed E-state index contributed by atoms with van der Waals surface area (Å²) in [6.07, 6.45) is 11.5. The van der Waals surface area contributed by atoms with Crippen LogP contribution in [0.1, 0.15) is 85.5 Å². The van der Waals surface area contributed by atoms with Crippen molar-refractivity contribution in [1.82, 2.24) is 4.90 Å². The van der Waals surface area contributed by atoms with Crippen molar-refractivity contribution in [2.24, 2.45) is 0 Å². The maximum Gasteiger partial charge on any atom is 0.410 e. The first-order valence-electron chi connectivity index (χ1n) is 8.31. The van der Waals surface area contributed by atoms with Crippen LogP contribution >= 0.6 is 0 Å². The Balaban J connectivity index is 3.44. The smallest absolute Gasteiger partial charge is 0.410 e. The highest BCUT2D eigenvalue weighted by molar-refractivity contribution is 5.67. The average molecular weight is 285 g/mol. The Morgan fingerprint density at radius 1 is 0.900 bits per heavy atom. The predicted octanol–water partition coefficient (Wildman–Crippen LogP) is 5.38. The molecule has 0 aromatic heterocycles. The Bertz CT molecular complexity index is 246. The zero-order valence-corrected chi connectivity index (χ0v) is 14.3. The number of unbranched alkanes of at least 4 members (excludes halogenated alkanes) is 8. The van der Waals surface area contributed by atoms with Crippen LogP contribution in [0.3, 0.4) is 0 Å². The summed E-state index contributed by atoms with van der Waals surface area (Å²) >= 11 is 0. The summed E-state index contributed by atoms with van der Waals surface area (Å²) in [6, 6.07) is 0. The molecule has 0 aliphatic rings. The molecule has 0 aliphatic carbocycles. The van der Waals surface area contributed by atoms with Crippen LogP contribution < -0.4 is 0 Å². The molecule has 0 aliphatic heterocycles. The van der Waals surface area contributed by atoms with E-state index in [1.807, 2.05) is 27.8 Å². The van der Waals surface area contributed by atoms with Gasteiger partial charge in [-0.25, -0.2) is 4.79 Å². The second kappa shape index (κ2) is 11.0. The van der Waals surface area contributed by atoms with Crippen LogP contribution in [-0.2, 0) is 4.74 Å². The van der Waals surface area contributed by atoms with Crippen LogP contribution in [0.25, 0.3) is 0 Å². The summed E-state index contributed by atoms with van der Waals surface area (Å²) < 4.78 is 5.32. The van der Waals surface area contributed by atoms with Gasteiger partial charge in [0.05, 0.1) is 0 Å². The second-order valence-corrected chi connectivity index (χ2v) is 6.73. The first kappa shape index (κ1) is 19.3. The minimum atomic E-state index is -0.399. The van der Waals surface area contributed by atoms with Gasteiger partial charge in [0.1, 0.15) is 5.60 Å². The second-order valence-electron chi connectivity index (χ2n) is 6.73. The van der Waals surface area contributed by atoms with Crippen molar-refractivity contribution in [2.45, 2.75) is 91.1 Å². The maximum absolute atomic E-state index is 11.7. The van der Waals surface area contributed by atoms with E-state index in [2.05, 4.69) is 6.92 Å². The zero-order valence-electron chi connectivity index (χ0n) is 14.3. The fraction of sp³-hybridized carbons (Fsp3) is 0.941. The standard InChI is InChI=1S/C17H35NO2/c1-6-7-8-9-10-11-12-13-14-15-18(5)16(19)20-17(2,3)4/h6-15H2,1-5H3. The predicted molar refractivity (Wildman–Crippen MR) is 86.1 cm³/mol. The average Bonchev–Trinajstić information content (AvgIpc) is 2.34. The van der Waals surface area contributed by atoms with Crippen molar-refractivity contribution in [3.05, 3.63) is 0 Å². The molecule has 0 heterocycles. The summed E-state index contributed by atoms with van der Waals surface area (Å²) in [6.45, 7) is 8.75. The maximum atomic E-state index is 11.7. The van der Waals surface area contributed by atoms with E-state index in [9.17, 15) is 4.79 Å². The van der Waals surface area contributed by atoms with Gasteiger partial charge >= 0.3 is 6.09 Å². The Morgan fingerprint density at radius 3 is 1.80 bits per heavy atom. The van der Waals surface area contributed by atoms with Gasteiger partial charge in [-0.15, -0.1) is 0 Å². The summed E-state index contributed by atoms with van der Waals surface area (Å²) in [5.41, 5.74) is -0.399. The van der Waals surface area contributed by atoms with E-state index in [-0.39, 0.29) is 6.09 Å². The molecule has 0 unspecified atom stereocenters. The van der Waals surface area contributed by atoms with Gasteiger partial charge in [0.15, 0.2) is 0 Å². The number of carbonyl (C=O) groups excluding carboxylic acids is 1. The zero-order chi connectivity index (χ0) is 15.4. The third kappa shape index (κ3) is 12.3. The van der Waals surface area contributed by atoms with Gasteiger partial charge in [-0.3, -0.25) is 0 Å². The summed E-state index contributed by atoms with van der Waals surface area (Å²) in [5, 5.41) is 0. The minimum absolute atomic E-state index is 0.211. The number of hydrogen-bond acceptors (Lipinski definition) is 2. The molecule has 0 atom stereocenters. The molecule has 0 saturated carbocycles. The van der Waals surface area contributed by atoms with Crippen LogP contribution in [0.4, 0.5) is 4.79 Å². The van der Waals surface area contributed by atoms with Crippen molar-refractivity contribution in [3.8, 4) is 0 Å². The van der Waals surface area contributed by atoms with Crippen molar-refractivity contribution in [2.75, 3.05) is 13.6 Å². The van der Waals surface area contributed by atoms with Crippen LogP contribution in [0.2, 0.25) is 0 Å². The number of ether oxygens (including phenoxy) is 1. The van der Waals surface area contributed by atoms with Gasteiger partial charge in [0.25, 0.3) is 0 Å². The number of carbonyl (C=O) groups is 1. The summed E-state index contributed by atoms with van der Waals surface area (Å²) in [5.74, 6) is 0. The lowest BCUT2D eigenvalue weighted by molar-refractivity contribution is 0.0296. The Morgan fingerprint density at radius 2 is 1.35 bits per heavy atom. The first-order chi connectivity index (χ1) is 9.37. The molecule has 20 heavy (non-hydrogen) atoms. The normalized spacial score (nSPS) is 11.4. The van der Waals surface area contributed by atoms with Crippen molar-refractivity contribution >= 4 is 6.09 Å². The monoisotopic (exact) mass is 285 g/mol. The molecule has 0 aromatic carbocycles. The van der Waals surface area contributed by atoms with Gasteiger partial charge < -0.3 is 9.64 Å². The van der Waals surface area contributed by atoms with E-state index in [0.29, 0.717) is 0 Å². The highest BCUT2D eigenvalue weighted by atomic mass is 16.6. The topological polar surface area (TPSA) is 29.5 Å². The Kier molecular flexibility index (Phi) is 10.6. The molecule has 0 radical (unpaired) electrons. The van der Waals surface area contributed by atoms with Gasteiger partial charge in [-0.2, -0.15) is 0 Å². The lowest BCUT2D eigenvalue weighted by Crippen LogP contribution is -2.34. The summed E-state index contributed by atoms with van der Waals surface area (Å²) in [4.78, 5) is 13.4. The molecule has 1 amide bonds. The van der Waals surface area contributed by atoms with Crippen molar-refractivity contribution < 1.29 is 9.53 Å². The van der Waals surface area contributed by atoms with E-state index in [1.165, 1.54) is 51.4 Å². The highest BCUT2D eigenvalue weighted by Crippen LogP contribution is 2.11. The highest BCUT2D eigenvalue weighted by Gasteiger charge is 2.18. The largest absolute Gasteiger partial charge is 0.444 e. The molecule has 0 rings (SSSR count). The molecule has 0 bridgehead atoms. The number of hydrogen-bond donors (Lipinski definition) is 0. The van der Waals surface area contributed by atoms with Crippen LogP contribution in [0.5, 0.6) is 0 Å². The molecule has 120 valence electrons. The number of nitrogens with zero attached hydrogens (tertiary/aromatic N) is 1. The lowest BCUT2D eigenvalue weighted by Gasteiger charge is -2.24. The Labute approximate surface area is 126 Å². The fourth-order valence-corrected chi connectivity index (χ4v) is 2.09. The van der Waals surface area contributed by atoms with Gasteiger partial charge in [-0.05, 0) is 27.2 Å². The SMILES string of the molecule is CCCCCCCCCCCN(C)C(=O)OC(C)(C)C. The van der Waals surface area contributed by atoms with Crippen LogP contribution in [0.15, 0.2) is 0 Å². The van der Waals surface area contributed by atoms with E-state index in [1.54, 1.807) is 4.90 Å². The van der Waals surface area contributed by atoms with Crippen LogP contribution in [-0.4, -0.2) is 30.2 Å². The van der Waals surface area contributed by atoms with Crippen molar-refractivity contribution in [3.63, 3.8) is 0 Å². The molecule has 0 aromatic rings. The van der Waals surface area contributed by atoms with E-state index >= 15 is 0 Å². The molecular weight excluding hydrogens is 250 g/mol. The molecular formula is C17H35NO2. The molecule has 0 fully saturated rings. The van der Waals surface area contributed by atoms with Gasteiger partial charge in [0.2, 0.25) is 0 Å². The fourth-order valence-electron chi connectivity index (χ4n) is 2.09. The number of amides is 1. The molecule has 3 heteroatoms. The molecule has 0 saturated heterocycles. The van der Waals surface area contributed by atoms with E-state index in [4.69, 9.17) is 4.74 Å². The molecule has 3 nitrogen and oxygen atoms in total. The quantitative estimate of drug-likeness (QED) is 0.504. The number of rotatable bonds is 10. The van der Waals surface area contributed by atoms with Crippen molar-refractivity contribution in [1.29, 1.82) is 0 Å². The third-order valence-electron chi connectivity index (χ3n) is 3.30. The van der Waals surface area contributed by atoms with Gasteiger partial charge in [0, 0.05) is 13.6 Å². The van der Waals surface area contributed by atoms with Gasteiger partial charge in [-0.1, -0.05) is 58.3 Å². The minimum Gasteiger partial charge on any atom is -0.444 e. The summed E-state index contributed by atoms with van der Waals surface area (Å²) in [7, 11) is 1.82. The lowest BCUT2D eigenvalue weighted by atomic mass is 10.1.